The molecule has 2 aliphatic heterocycles. The van der Waals surface area contributed by atoms with Gasteiger partial charge in [-0.15, -0.1) is 20.4 Å². The average molecular weight is 1080 g/mol. The second-order valence-electron chi connectivity index (χ2n) is 23.0. The summed E-state index contributed by atoms with van der Waals surface area (Å²) in [7, 11) is 1.55. The molecule has 0 radical (unpaired) electrons. The van der Waals surface area contributed by atoms with Gasteiger partial charge in [-0.05, 0) is 83.6 Å². The van der Waals surface area contributed by atoms with Crippen molar-refractivity contribution in [3.8, 4) is 0 Å². The number of aliphatic hydroxyl groups excluding tert-OH is 1. The van der Waals surface area contributed by atoms with Crippen LogP contribution in [0.25, 0.3) is 0 Å². The number of rotatable bonds is 22. The molecule has 0 saturated carbocycles. The third-order valence-electron chi connectivity index (χ3n) is 14.8. The first kappa shape index (κ1) is 59.5. The second-order valence-corrected chi connectivity index (χ2v) is 23.0. The van der Waals surface area contributed by atoms with E-state index in [-0.39, 0.29) is 56.1 Å². The molecule has 4 atom stereocenters. The molecular formula is C61H79N9O9. The second kappa shape index (κ2) is 26.2. The Kier molecular flexibility index (Phi) is 19.8. The van der Waals surface area contributed by atoms with Gasteiger partial charge in [-0.25, -0.2) is 9.59 Å². The van der Waals surface area contributed by atoms with E-state index in [1.165, 1.54) is 0 Å². The topological polar surface area (TPSA) is 237 Å². The number of ketones is 2. The molecule has 8 rings (SSSR count). The highest BCUT2D eigenvalue weighted by Gasteiger charge is 2.42. The summed E-state index contributed by atoms with van der Waals surface area (Å²) in [5, 5.41) is 33.8. The molecule has 422 valence electrons. The van der Waals surface area contributed by atoms with Gasteiger partial charge in [0.1, 0.15) is 35.5 Å². The zero-order chi connectivity index (χ0) is 56.9. The van der Waals surface area contributed by atoms with Crippen LogP contribution in [0.5, 0.6) is 0 Å². The largest absolute Gasteiger partial charge is 0.449 e. The predicted molar refractivity (Wildman–Crippen MR) is 299 cm³/mol. The highest BCUT2D eigenvalue weighted by Crippen LogP contribution is 2.39. The van der Waals surface area contributed by atoms with Crippen LogP contribution >= 0.6 is 0 Å². The van der Waals surface area contributed by atoms with Gasteiger partial charge in [-0.1, -0.05) is 121 Å². The Labute approximate surface area is 464 Å². The quantitative estimate of drug-likeness (QED) is 0.0501. The maximum absolute atomic E-state index is 13.6. The molecule has 2 amide bonds. The highest BCUT2D eigenvalue weighted by molar-refractivity contribution is 5.91. The van der Waals surface area contributed by atoms with E-state index in [0.29, 0.717) is 58.0 Å². The summed E-state index contributed by atoms with van der Waals surface area (Å²) in [6.45, 7) is 15.0. The van der Waals surface area contributed by atoms with Gasteiger partial charge in [0.05, 0.1) is 44.1 Å². The Morgan fingerprint density at radius 1 is 0.620 bits per heavy atom. The van der Waals surface area contributed by atoms with Crippen LogP contribution < -0.4 is 16.4 Å². The summed E-state index contributed by atoms with van der Waals surface area (Å²) in [6.07, 6.45) is 1.72. The van der Waals surface area contributed by atoms with Crippen molar-refractivity contribution in [2.75, 3.05) is 33.5 Å². The maximum atomic E-state index is 13.6. The Bertz CT molecular complexity index is 2940. The van der Waals surface area contributed by atoms with E-state index in [1.807, 2.05) is 109 Å². The monoisotopic (exact) mass is 1080 g/mol. The van der Waals surface area contributed by atoms with Gasteiger partial charge in [0.15, 0.2) is 11.6 Å². The van der Waals surface area contributed by atoms with Crippen molar-refractivity contribution in [1.29, 1.82) is 0 Å². The minimum Gasteiger partial charge on any atom is -0.449 e. The van der Waals surface area contributed by atoms with Crippen LogP contribution in [-0.4, -0.2) is 109 Å². The molecule has 4 aromatic carbocycles. The van der Waals surface area contributed by atoms with Gasteiger partial charge >= 0.3 is 12.2 Å². The number of nitrogens with two attached hydrogens (primary N) is 1. The fraction of sp³-hybridized carbons (Fsp3) is 0.475. The zero-order valence-corrected chi connectivity index (χ0v) is 47.1. The number of amides is 2. The summed E-state index contributed by atoms with van der Waals surface area (Å²) in [5.74, 6) is 2.06. The number of carbonyl (C=O) groups is 4. The number of aromatic nitrogens is 6. The number of hydrogen-bond acceptors (Lipinski definition) is 14. The van der Waals surface area contributed by atoms with Crippen LogP contribution in [0.2, 0.25) is 0 Å². The first-order valence-electron chi connectivity index (χ1n) is 27.1. The number of ether oxygens (including phenoxy) is 4. The van der Waals surface area contributed by atoms with Gasteiger partial charge in [0.25, 0.3) is 0 Å². The number of alkyl carbamates (subject to hydrolysis) is 2. The van der Waals surface area contributed by atoms with Gasteiger partial charge in [-0.2, -0.15) is 0 Å². The number of nitrogens with zero attached hydrogens (tertiary/aromatic N) is 6. The van der Waals surface area contributed by atoms with Crippen molar-refractivity contribution in [1.82, 2.24) is 40.2 Å². The molecule has 18 nitrogen and oxygen atoms in total. The summed E-state index contributed by atoms with van der Waals surface area (Å²) < 4.78 is 27.3. The van der Waals surface area contributed by atoms with E-state index in [4.69, 9.17) is 24.7 Å². The van der Waals surface area contributed by atoms with Crippen molar-refractivity contribution >= 4 is 23.8 Å². The van der Waals surface area contributed by atoms with E-state index in [1.54, 1.807) is 55.5 Å². The molecule has 0 fully saturated rings. The lowest BCUT2D eigenvalue weighted by Crippen LogP contribution is -2.51. The smallest absolute Gasteiger partial charge is 0.408 e. The van der Waals surface area contributed by atoms with Crippen molar-refractivity contribution in [2.45, 2.75) is 153 Å². The molecule has 18 heteroatoms. The Balaban J connectivity index is 0.000000229. The highest BCUT2D eigenvalue weighted by atomic mass is 16.6. The third-order valence-corrected chi connectivity index (χ3v) is 14.8. The van der Waals surface area contributed by atoms with Crippen molar-refractivity contribution in [3.63, 3.8) is 0 Å². The lowest BCUT2D eigenvalue weighted by Gasteiger charge is -2.37. The van der Waals surface area contributed by atoms with Crippen LogP contribution in [-0.2, 0) is 78.5 Å². The number of benzene rings is 4. The molecule has 0 spiro atoms. The molecule has 2 aromatic heterocycles. The molecule has 79 heavy (non-hydrogen) atoms. The molecule has 4 heterocycles. The number of nitrogens with one attached hydrogen (secondary N) is 2. The van der Waals surface area contributed by atoms with Gasteiger partial charge in [-0.3, -0.25) is 9.59 Å². The van der Waals surface area contributed by atoms with Gasteiger partial charge in [0, 0.05) is 68.5 Å². The molecule has 6 aromatic rings. The van der Waals surface area contributed by atoms with Crippen LogP contribution in [0, 0.1) is 0 Å². The van der Waals surface area contributed by atoms with Crippen molar-refractivity contribution in [3.05, 3.63) is 167 Å². The van der Waals surface area contributed by atoms with E-state index in [0.717, 1.165) is 46.1 Å². The summed E-state index contributed by atoms with van der Waals surface area (Å²) >= 11 is 0. The Hall–Kier alpha value is -7.12. The number of carbonyl (C=O) groups excluding carboxylic acids is 4. The number of Topliss-reactive ketones (excluding diaryl/α,β-unsaturated/α-hetero) is 2. The van der Waals surface area contributed by atoms with E-state index in [9.17, 15) is 24.3 Å². The van der Waals surface area contributed by atoms with Crippen LogP contribution in [0.4, 0.5) is 9.59 Å². The minimum atomic E-state index is -1.16. The summed E-state index contributed by atoms with van der Waals surface area (Å²) in [5.41, 5.74) is 6.72. The van der Waals surface area contributed by atoms with Gasteiger partial charge < -0.3 is 49.6 Å². The fourth-order valence-corrected chi connectivity index (χ4v) is 10.1. The van der Waals surface area contributed by atoms with Gasteiger partial charge in [0.2, 0.25) is 0 Å². The van der Waals surface area contributed by atoms with Crippen molar-refractivity contribution < 1.29 is 43.2 Å². The van der Waals surface area contributed by atoms with Crippen LogP contribution in [0.1, 0.15) is 132 Å². The van der Waals surface area contributed by atoms with Crippen molar-refractivity contribution in [2.24, 2.45) is 5.73 Å². The predicted octanol–water partition coefficient (Wildman–Crippen LogP) is 8.23. The molecule has 5 N–H and O–H groups in total. The standard InChI is InChI=1S/C32H42N4O5.C29H37N5O4/c1-30(2,3)41-29(39)33-31(4,5)26(38)18-24(21-40-20-23-12-8-6-9-13-23)28-35-34-27-19-32(22-37,16-17-36(27)28)25-14-10-7-11-15-25;1-28(2,30)24(35)16-22(19-37-18-21-10-6-4-7-11-21)26-33-32-25-17-29(14-15-34(25)26,20-38-27(36)31-3)23-12-8-5-9-13-23/h6-15,24,37H,16-22H2,1-5H3,(H,33,39);4-13,22H,14-20,30H2,1-3H3,(H,31,36)/t24-,32?;22-,29?/m11/s1. The zero-order valence-electron chi connectivity index (χ0n) is 47.1. The lowest BCUT2D eigenvalue weighted by molar-refractivity contribution is -0.125. The summed E-state index contributed by atoms with van der Waals surface area (Å²) in [6, 6.07) is 39.8. The van der Waals surface area contributed by atoms with Crippen LogP contribution in [0.3, 0.4) is 0 Å². The molecule has 0 saturated heterocycles. The molecule has 2 unspecified atom stereocenters. The molecular weight excluding hydrogens is 1000 g/mol. The first-order chi connectivity index (χ1) is 37.6. The number of fused-ring (bicyclic) bond motifs is 2. The fourth-order valence-electron chi connectivity index (χ4n) is 10.1. The molecule has 0 bridgehead atoms. The maximum Gasteiger partial charge on any atom is 0.408 e. The van der Waals surface area contributed by atoms with E-state index < -0.39 is 39.7 Å². The normalized spacial score (nSPS) is 17.9. The van der Waals surface area contributed by atoms with Crippen LogP contribution in [0.15, 0.2) is 121 Å². The minimum absolute atomic E-state index is 0.00579. The first-order valence-corrected chi connectivity index (χ1v) is 27.1. The molecule has 0 aliphatic carbocycles. The number of hydrogen-bond donors (Lipinski definition) is 4. The SMILES string of the molecule is CC(C)(C)OC(=O)NC(C)(C)C(=O)C[C@H](COCc1ccccc1)c1nnc2n1CCC(CO)(c1ccccc1)C2.CNC(=O)OCC1(c2ccccc2)CCn2c(nnc2[C@@H](COCc2ccccc2)CC(=O)C(C)(C)N)C1. The average Bonchev–Trinajstić information content (AvgIpc) is 4.21. The Morgan fingerprint density at radius 3 is 1.49 bits per heavy atom. The van der Waals surface area contributed by atoms with E-state index in [2.05, 4.69) is 52.3 Å². The number of aliphatic hydroxyl groups is 1. The lowest BCUT2D eigenvalue weighted by atomic mass is 9.73. The Morgan fingerprint density at radius 2 is 1.05 bits per heavy atom. The third kappa shape index (κ3) is 15.8. The molecule has 2 aliphatic rings. The van der Waals surface area contributed by atoms with E-state index >= 15 is 0 Å². The summed E-state index contributed by atoms with van der Waals surface area (Å²) in [4.78, 5) is 50.9.